The summed E-state index contributed by atoms with van der Waals surface area (Å²) < 4.78 is 5.40. The molecule has 0 spiro atoms. The van der Waals surface area contributed by atoms with Gasteiger partial charge in [0.05, 0.1) is 23.9 Å². The number of ether oxygens (including phenoxy) is 1. The van der Waals surface area contributed by atoms with E-state index in [2.05, 4.69) is 48.3 Å². The Bertz CT molecular complexity index is 1020. The van der Waals surface area contributed by atoms with Crippen molar-refractivity contribution in [2.75, 3.05) is 36.5 Å². The summed E-state index contributed by atoms with van der Waals surface area (Å²) in [5, 5.41) is 3.58. The minimum absolute atomic E-state index is 0.158. The summed E-state index contributed by atoms with van der Waals surface area (Å²) in [6, 6.07) is 14.2. The van der Waals surface area contributed by atoms with E-state index in [0.29, 0.717) is 29.8 Å². The molecule has 1 aliphatic carbocycles. The Balaban J connectivity index is 1.49. The summed E-state index contributed by atoms with van der Waals surface area (Å²) in [5.74, 6) is 0.346. The number of hydrogen-bond donors (Lipinski definition) is 1. The predicted molar refractivity (Wildman–Crippen MR) is 129 cm³/mol. The van der Waals surface area contributed by atoms with Crippen LogP contribution in [0.5, 0.6) is 0 Å². The third-order valence-corrected chi connectivity index (χ3v) is 6.41. The highest BCUT2D eigenvalue weighted by Gasteiger charge is 2.21. The SMILES string of the molecule is CCC1=C(/C=C/C(=O)Nc2ccc(N3CCOCC3)c(Cl)c2)c2ccccc2C(C)C1. The summed E-state index contributed by atoms with van der Waals surface area (Å²) in [6.45, 7) is 7.51. The highest BCUT2D eigenvalue weighted by atomic mass is 35.5. The molecule has 4 nitrogen and oxygen atoms in total. The van der Waals surface area contributed by atoms with Crippen LogP contribution in [0.15, 0.2) is 60.2 Å². The van der Waals surface area contributed by atoms with E-state index < -0.39 is 0 Å². The molecule has 0 saturated carbocycles. The number of nitrogens with zero attached hydrogens (tertiary/aromatic N) is 1. The van der Waals surface area contributed by atoms with Gasteiger partial charge in [0.2, 0.25) is 5.91 Å². The lowest BCUT2D eigenvalue weighted by atomic mass is 9.78. The highest BCUT2D eigenvalue weighted by molar-refractivity contribution is 6.33. The summed E-state index contributed by atoms with van der Waals surface area (Å²) in [7, 11) is 0. The van der Waals surface area contributed by atoms with Crippen LogP contribution in [-0.4, -0.2) is 32.2 Å². The molecule has 2 aromatic carbocycles. The minimum Gasteiger partial charge on any atom is -0.378 e. The lowest BCUT2D eigenvalue weighted by Gasteiger charge is -2.29. The van der Waals surface area contributed by atoms with E-state index in [1.54, 1.807) is 6.08 Å². The fraction of sp³-hybridized carbons (Fsp3) is 0.346. The number of benzene rings is 2. The molecular formula is C26H29ClN2O2. The first-order chi connectivity index (χ1) is 15.1. The third kappa shape index (κ3) is 4.86. The molecule has 1 atom stereocenters. The monoisotopic (exact) mass is 436 g/mol. The lowest BCUT2D eigenvalue weighted by Crippen LogP contribution is -2.36. The topological polar surface area (TPSA) is 41.6 Å². The van der Waals surface area contributed by atoms with E-state index in [0.717, 1.165) is 31.6 Å². The predicted octanol–water partition coefficient (Wildman–Crippen LogP) is 6.04. The number of fused-ring (bicyclic) bond motifs is 1. The van der Waals surface area contributed by atoms with Crippen molar-refractivity contribution in [2.45, 2.75) is 32.6 Å². The van der Waals surface area contributed by atoms with Crippen LogP contribution in [0.4, 0.5) is 11.4 Å². The largest absolute Gasteiger partial charge is 0.378 e. The number of carbonyl (C=O) groups excluding carboxylic acids is 1. The molecule has 1 heterocycles. The van der Waals surface area contributed by atoms with Gasteiger partial charge in [-0.15, -0.1) is 0 Å². The number of hydrogen-bond acceptors (Lipinski definition) is 3. The van der Waals surface area contributed by atoms with Crippen molar-refractivity contribution in [3.63, 3.8) is 0 Å². The summed E-state index contributed by atoms with van der Waals surface area (Å²) in [5.41, 5.74) is 6.83. The molecule has 1 fully saturated rings. The van der Waals surface area contributed by atoms with E-state index in [9.17, 15) is 4.79 Å². The summed E-state index contributed by atoms with van der Waals surface area (Å²) in [4.78, 5) is 14.8. The number of anilines is 2. The van der Waals surface area contributed by atoms with Crippen LogP contribution in [0.25, 0.3) is 5.57 Å². The second-order valence-electron chi connectivity index (χ2n) is 8.15. The maximum Gasteiger partial charge on any atom is 0.248 e. The van der Waals surface area contributed by atoms with Crippen LogP contribution < -0.4 is 10.2 Å². The Labute approximate surface area is 189 Å². The first kappa shape index (κ1) is 21.7. The first-order valence-electron chi connectivity index (χ1n) is 11.0. The van der Waals surface area contributed by atoms with Gasteiger partial charge in [-0.1, -0.05) is 55.3 Å². The van der Waals surface area contributed by atoms with Gasteiger partial charge < -0.3 is 15.0 Å². The average molecular weight is 437 g/mol. The van der Waals surface area contributed by atoms with E-state index in [4.69, 9.17) is 16.3 Å². The number of morpholine rings is 1. The van der Waals surface area contributed by atoms with Crippen molar-refractivity contribution >= 4 is 34.5 Å². The van der Waals surface area contributed by atoms with Crippen LogP contribution in [0.3, 0.4) is 0 Å². The van der Waals surface area contributed by atoms with Gasteiger partial charge in [-0.25, -0.2) is 0 Å². The van der Waals surface area contributed by atoms with Crippen LogP contribution in [0, 0.1) is 0 Å². The number of halogens is 1. The number of nitrogens with one attached hydrogen (secondary N) is 1. The van der Waals surface area contributed by atoms with Gasteiger partial charge in [-0.2, -0.15) is 0 Å². The van der Waals surface area contributed by atoms with Crippen molar-refractivity contribution in [2.24, 2.45) is 0 Å². The quantitative estimate of drug-likeness (QED) is 0.580. The Morgan fingerprint density at radius 1 is 1.23 bits per heavy atom. The van der Waals surface area contributed by atoms with E-state index >= 15 is 0 Å². The molecule has 1 saturated heterocycles. The minimum atomic E-state index is -0.158. The molecule has 31 heavy (non-hydrogen) atoms. The molecule has 5 heteroatoms. The maximum atomic E-state index is 12.6. The van der Waals surface area contributed by atoms with Gasteiger partial charge in [-0.3, -0.25) is 4.79 Å². The Morgan fingerprint density at radius 3 is 2.74 bits per heavy atom. The summed E-state index contributed by atoms with van der Waals surface area (Å²) in [6.07, 6.45) is 5.61. The van der Waals surface area contributed by atoms with Gasteiger partial charge in [0.25, 0.3) is 0 Å². The Kier molecular flexibility index (Phi) is 6.79. The van der Waals surface area contributed by atoms with E-state index in [-0.39, 0.29) is 5.91 Å². The van der Waals surface area contributed by atoms with E-state index in [1.807, 2.05) is 24.3 Å². The molecule has 2 aliphatic rings. The fourth-order valence-corrected chi connectivity index (χ4v) is 4.78. The molecule has 0 aromatic heterocycles. The number of carbonyl (C=O) groups is 1. The van der Waals surface area contributed by atoms with Gasteiger partial charge in [0.15, 0.2) is 0 Å². The highest BCUT2D eigenvalue weighted by Crippen LogP contribution is 2.40. The molecule has 1 unspecified atom stereocenters. The van der Waals surface area contributed by atoms with Crippen molar-refractivity contribution in [1.29, 1.82) is 0 Å². The van der Waals surface area contributed by atoms with Crippen LogP contribution >= 0.6 is 11.6 Å². The Morgan fingerprint density at radius 2 is 2.00 bits per heavy atom. The van der Waals surface area contributed by atoms with Gasteiger partial charge in [-0.05, 0) is 59.7 Å². The normalized spacial score (nSPS) is 18.9. The maximum absolute atomic E-state index is 12.6. The molecule has 1 N–H and O–H groups in total. The van der Waals surface area contributed by atoms with Gasteiger partial charge in [0.1, 0.15) is 0 Å². The molecule has 1 aliphatic heterocycles. The zero-order valence-corrected chi connectivity index (χ0v) is 18.9. The molecule has 0 bridgehead atoms. The second kappa shape index (κ2) is 9.71. The fourth-order valence-electron chi connectivity index (χ4n) is 4.48. The molecule has 162 valence electrons. The smallest absolute Gasteiger partial charge is 0.248 e. The standard InChI is InChI=1S/C26H29ClN2O2/c1-3-19-16-18(2)21-6-4-5-7-23(21)22(19)9-11-26(30)28-20-8-10-25(24(27)17-20)29-12-14-31-15-13-29/h4-11,17-18H,3,12-16H2,1-2H3,(H,28,30)/b11-9+. The zero-order chi connectivity index (χ0) is 21.8. The van der Waals surface area contributed by atoms with Gasteiger partial charge in [0, 0.05) is 24.9 Å². The number of allylic oxidation sites excluding steroid dienone is 3. The lowest BCUT2D eigenvalue weighted by molar-refractivity contribution is -0.111. The Hall–Kier alpha value is -2.56. The van der Waals surface area contributed by atoms with Crippen molar-refractivity contribution in [3.8, 4) is 0 Å². The van der Waals surface area contributed by atoms with Crippen molar-refractivity contribution in [1.82, 2.24) is 0 Å². The number of amides is 1. The van der Waals surface area contributed by atoms with Crippen molar-refractivity contribution in [3.05, 3.63) is 76.3 Å². The van der Waals surface area contributed by atoms with E-state index in [1.165, 1.54) is 22.3 Å². The van der Waals surface area contributed by atoms with Gasteiger partial charge >= 0.3 is 0 Å². The van der Waals surface area contributed by atoms with Crippen molar-refractivity contribution < 1.29 is 9.53 Å². The summed E-state index contributed by atoms with van der Waals surface area (Å²) >= 11 is 6.49. The number of rotatable bonds is 5. The molecule has 4 rings (SSSR count). The third-order valence-electron chi connectivity index (χ3n) is 6.11. The van der Waals surface area contributed by atoms with Crippen LogP contribution in [-0.2, 0) is 9.53 Å². The van der Waals surface area contributed by atoms with Crippen LogP contribution in [0.1, 0.15) is 43.7 Å². The zero-order valence-electron chi connectivity index (χ0n) is 18.2. The van der Waals surface area contributed by atoms with Crippen LogP contribution in [0.2, 0.25) is 5.02 Å². The molecular weight excluding hydrogens is 408 g/mol. The molecule has 0 radical (unpaired) electrons. The first-order valence-corrected chi connectivity index (χ1v) is 11.4. The average Bonchev–Trinajstić information content (AvgIpc) is 2.79. The second-order valence-corrected chi connectivity index (χ2v) is 8.56. The molecule has 1 amide bonds. The molecule has 2 aromatic rings.